The summed E-state index contributed by atoms with van der Waals surface area (Å²) >= 11 is 12.3. The molecule has 0 saturated heterocycles. The molecule has 0 spiro atoms. The molecule has 0 bridgehead atoms. The van der Waals surface area contributed by atoms with Gasteiger partial charge in [-0.15, -0.1) is 0 Å². The average Bonchev–Trinajstić information content (AvgIpc) is 2.86. The monoisotopic (exact) mass is 555 g/mol. The predicted molar refractivity (Wildman–Crippen MR) is 147 cm³/mol. The predicted octanol–water partition coefficient (Wildman–Crippen LogP) is 5.96. The summed E-state index contributed by atoms with van der Waals surface area (Å²) in [5.74, 6) is 0.721. The van der Waals surface area contributed by atoms with E-state index in [0.29, 0.717) is 64.5 Å². The van der Waals surface area contributed by atoms with Crippen LogP contribution in [0.1, 0.15) is 43.7 Å². The maximum absolute atomic E-state index is 13.6. The first kappa shape index (κ1) is 27.8. The van der Waals surface area contributed by atoms with E-state index >= 15 is 0 Å². The molecule has 9 heteroatoms. The number of Topliss-reactive ketones (excluding diaryl/α,β-unsaturated/α-hetero) is 1. The van der Waals surface area contributed by atoms with Crippen LogP contribution in [0, 0.1) is 16.7 Å². The fourth-order valence-corrected chi connectivity index (χ4v) is 5.59. The van der Waals surface area contributed by atoms with E-state index in [1.807, 2.05) is 11.0 Å². The van der Waals surface area contributed by atoms with E-state index < -0.39 is 5.92 Å². The van der Waals surface area contributed by atoms with Crippen molar-refractivity contribution in [2.45, 2.75) is 39.2 Å². The van der Waals surface area contributed by atoms with Crippen LogP contribution in [0.5, 0.6) is 11.5 Å². The molecule has 38 heavy (non-hydrogen) atoms. The van der Waals surface area contributed by atoms with Crippen molar-refractivity contribution < 1.29 is 19.0 Å². The number of carbonyl (C=O) groups is 1. The maximum Gasteiger partial charge on any atom is 0.162 e. The highest BCUT2D eigenvalue weighted by Crippen LogP contribution is 2.49. The number of rotatable bonds is 8. The van der Waals surface area contributed by atoms with E-state index in [9.17, 15) is 10.1 Å². The molecule has 2 N–H and O–H groups in total. The van der Waals surface area contributed by atoms with Gasteiger partial charge in [-0.3, -0.25) is 4.79 Å². The Bertz CT molecular complexity index is 1360. The first-order valence-electron chi connectivity index (χ1n) is 12.3. The summed E-state index contributed by atoms with van der Waals surface area (Å²) in [4.78, 5) is 15.5. The summed E-state index contributed by atoms with van der Waals surface area (Å²) in [6.45, 7) is 5.21. The number of ether oxygens (including phenoxy) is 3. The van der Waals surface area contributed by atoms with Gasteiger partial charge >= 0.3 is 0 Å². The van der Waals surface area contributed by atoms with Gasteiger partial charge in [-0.2, -0.15) is 5.26 Å². The van der Waals surface area contributed by atoms with Crippen LogP contribution in [0.2, 0.25) is 10.0 Å². The number of allylic oxidation sites excluding steroid dienone is 3. The highest BCUT2D eigenvalue weighted by Gasteiger charge is 2.44. The molecule has 0 unspecified atom stereocenters. The Morgan fingerprint density at radius 2 is 1.89 bits per heavy atom. The van der Waals surface area contributed by atoms with Crippen molar-refractivity contribution in [2.24, 2.45) is 11.1 Å². The second kappa shape index (κ2) is 11.3. The Balaban J connectivity index is 1.75. The fraction of sp³-hybridized carbons (Fsp3) is 0.379. The molecule has 2 aromatic carbocycles. The van der Waals surface area contributed by atoms with E-state index in [1.165, 1.54) is 0 Å². The van der Waals surface area contributed by atoms with Crippen molar-refractivity contribution in [2.75, 3.05) is 27.4 Å². The molecular formula is C29H31Cl2N3O4. The first-order valence-corrected chi connectivity index (χ1v) is 13.0. The van der Waals surface area contributed by atoms with Gasteiger partial charge < -0.3 is 24.8 Å². The molecule has 2 aliphatic rings. The summed E-state index contributed by atoms with van der Waals surface area (Å²) in [6.07, 6.45) is 1.05. The largest absolute Gasteiger partial charge is 0.493 e. The molecule has 0 amide bonds. The van der Waals surface area contributed by atoms with Crippen molar-refractivity contribution in [3.05, 3.63) is 80.2 Å². The Morgan fingerprint density at radius 1 is 1.13 bits per heavy atom. The van der Waals surface area contributed by atoms with Gasteiger partial charge in [-0.05, 0) is 41.7 Å². The number of carbonyl (C=O) groups excluding carboxylic acids is 1. The molecule has 1 aliphatic carbocycles. The van der Waals surface area contributed by atoms with E-state index in [1.54, 1.807) is 44.6 Å². The quantitative estimate of drug-likeness (QED) is 0.428. The van der Waals surface area contributed by atoms with Crippen LogP contribution < -0.4 is 15.2 Å². The van der Waals surface area contributed by atoms with Gasteiger partial charge in [-0.25, -0.2) is 0 Å². The molecule has 0 fully saturated rings. The first-order chi connectivity index (χ1) is 18.1. The Hall–Kier alpha value is -3.18. The summed E-state index contributed by atoms with van der Waals surface area (Å²) < 4.78 is 16.9. The second-order valence-corrected chi connectivity index (χ2v) is 11.1. The smallest absolute Gasteiger partial charge is 0.162 e. The number of halogens is 2. The van der Waals surface area contributed by atoms with Crippen LogP contribution in [0.3, 0.4) is 0 Å². The Kier molecular flexibility index (Phi) is 8.27. The van der Waals surface area contributed by atoms with E-state index in [0.717, 1.165) is 16.8 Å². The number of methoxy groups -OCH3 is 2. The van der Waals surface area contributed by atoms with Gasteiger partial charge in [0.25, 0.3) is 0 Å². The number of benzene rings is 2. The summed E-state index contributed by atoms with van der Waals surface area (Å²) in [7, 11) is 3.16. The van der Waals surface area contributed by atoms with Gasteiger partial charge in [-0.1, -0.05) is 49.2 Å². The number of nitriles is 1. The van der Waals surface area contributed by atoms with Gasteiger partial charge in [0.15, 0.2) is 17.3 Å². The van der Waals surface area contributed by atoms with Crippen LogP contribution >= 0.6 is 23.2 Å². The topological polar surface area (TPSA) is 97.8 Å². The Labute approximate surface area is 233 Å². The zero-order valence-corrected chi connectivity index (χ0v) is 23.4. The van der Waals surface area contributed by atoms with Crippen molar-refractivity contribution in [3.63, 3.8) is 0 Å². The minimum absolute atomic E-state index is 0.0144. The molecule has 7 nitrogen and oxygen atoms in total. The van der Waals surface area contributed by atoms with Crippen LogP contribution in [0.4, 0.5) is 0 Å². The molecule has 1 atom stereocenters. The standard InChI is InChI=1S/C29H31Cl2N3O4/c1-29(2)13-22-27(23(35)14-29)26(20(15-32)28(33)34(22)9-10-36-3)17-6-8-24(25(11-17)37-4)38-16-18-5-7-19(30)12-21(18)31/h5-8,11-12,26H,9-10,13-14,16,33H2,1-4H3/t26-/m1/s1. The minimum Gasteiger partial charge on any atom is -0.493 e. The second-order valence-electron chi connectivity index (χ2n) is 10.2. The minimum atomic E-state index is -0.606. The van der Waals surface area contributed by atoms with E-state index in [-0.39, 0.29) is 17.8 Å². The maximum atomic E-state index is 13.6. The van der Waals surface area contributed by atoms with Crippen molar-refractivity contribution in [1.82, 2.24) is 4.90 Å². The summed E-state index contributed by atoms with van der Waals surface area (Å²) in [5.41, 5.74) is 9.65. The lowest BCUT2D eigenvalue weighted by atomic mass is 9.68. The molecule has 200 valence electrons. The third-order valence-electron chi connectivity index (χ3n) is 6.93. The highest BCUT2D eigenvalue weighted by molar-refractivity contribution is 6.35. The van der Waals surface area contributed by atoms with Gasteiger partial charge in [0, 0.05) is 47.0 Å². The molecule has 0 saturated carbocycles. The average molecular weight is 556 g/mol. The summed E-state index contributed by atoms with van der Waals surface area (Å²) in [6, 6.07) is 12.9. The van der Waals surface area contributed by atoms with Crippen LogP contribution in [-0.2, 0) is 16.1 Å². The van der Waals surface area contributed by atoms with Gasteiger partial charge in [0.1, 0.15) is 12.4 Å². The molecule has 1 heterocycles. The van der Waals surface area contributed by atoms with Crippen LogP contribution in [-0.4, -0.2) is 38.1 Å². The molecule has 1 aliphatic heterocycles. The third kappa shape index (κ3) is 5.49. The molecular weight excluding hydrogens is 525 g/mol. The number of hydrogen-bond acceptors (Lipinski definition) is 7. The lowest BCUT2D eigenvalue weighted by molar-refractivity contribution is -0.118. The van der Waals surface area contributed by atoms with Crippen molar-refractivity contribution in [3.8, 4) is 17.6 Å². The van der Waals surface area contributed by atoms with Gasteiger partial charge in [0.2, 0.25) is 0 Å². The van der Waals surface area contributed by atoms with E-state index in [4.69, 9.17) is 43.1 Å². The SMILES string of the molecule is COCCN1C(N)=C(C#N)[C@@H](c2ccc(OCc3ccc(Cl)cc3Cl)c(OC)c2)C2=C1CC(C)(C)CC2=O. The van der Waals surface area contributed by atoms with Gasteiger partial charge in [0.05, 0.1) is 31.3 Å². The number of nitrogens with zero attached hydrogens (tertiary/aromatic N) is 2. The molecule has 0 radical (unpaired) electrons. The third-order valence-corrected chi connectivity index (χ3v) is 7.51. The zero-order valence-electron chi connectivity index (χ0n) is 21.9. The fourth-order valence-electron chi connectivity index (χ4n) is 5.12. The number of ketones is 1. The van der Waals surface area contributed by atoms with Crippen LogP contribution in [0.25, 0.3) is 0 Å². The number of hydrogen-bond donors (Lipinski definition) is 1. The number of nitrogens with two attached hydrogens (primary N) is 1. The summed E-state index contributed by atoms with van der Waals surface area (Å²) in [5, 5.41) is 11.2. The normalized spacial score (nSPS) is 18.8. The van der Waals surface area contributed by atoms with Crippen molar-refractivity contribution in [1.29, 1.82) is 5.26 Å². The highest BCUT2D eigenvalue weighted by atomic mass is 35.5. The Morgan fingerprint density at radius 3 is 2.55 bits per heavy atom. The van der Waals surface area contributed by atoms with E-state index in [2.05, 4.69) is 19.9 Å². The van der Waals surface area contributed by atoms with Crippen LogP contribution in [0.15, 0.2) is 59.1 Å². The zero-order chi connectivity index (χ0) is 27.6. The molecule has 2 aromatic rings. The lowest BCUT2D eigenvalue weighted by Crippen LogP contribution is -2.43. The van der Waals surface area contributed by atoms with Crippen molar-refractivity contribution >= 4 is 29.0 Å². The molecule has 0 aromatic heterocycles. The lowest BCUT2D eigenvalue weighted by Gasteiger charge is -2.43. The molecule has 4 rings (SSSR count).